The topological polar surface area (TPSA) is 75.4 Å². The molecule has 1 aromatic rings. The van der Waals surface area contributed by atoms with E-state index in [1.165, 1.54) is 12.1 Å². The standard InChI is InChI=1S/C14H18FN3O2/c15-11-2-1-3-12(8-11)17-13(19)9-18-6-4-10(5-7-18)14(16)20/h1-3,8,10H,4-7,9H2,(H2,16,20)(H,17,19). The molecule has 108 valence electrons. The first-order valence-corrected chi connectivity index (χ1v) is 6.61. The number of piperidine rings is 1. The Kier molecular flexibility index (Phi) is 4.68. The molecule has 0 spiro atoms. The smallest absolute Gasteiger partial charge is 0.238 e. The lowest BCUT2D eigenvalue weighted by Crippen LogP contribution is -2.42. The molecule has 1 aliphatic heterocycles. The zero-order valence-electron chi connectivity index (χ0n) is 11.1. The maximum Gasteiger partial charge on any atom is 0.238 e. The number of halogens is 1. The quantitative estimate of drug-likeness (QED) is 0.862. The maximum absolute atomic E-state index is 13.0. The first-order valence-electron chi connectivity index (χ1n) is 6.61. The number of amides is 2. The van der Waals surface area contributed by atoms with Crippen molar-refractivity contribution in [3.05, 3.63) is 30.1 Å². The van der Waals surface area contributed by atoms with Gasteiger partial charge in [0.2, 0.25) is 11.8 Å². The van der Waals surface area contributed by atoms with E-state index in [4.69, 9.17) is 5.73 Å². The number of nitrogens with zero attached hydrogens (tertiary/aromatic N) is 1. The lowest BCUT2D eigenvalue weighted by Gasteiger charge is -2.29. The van der Waals surface area contributed by atoms with Crippen LogP contribution in [0.4, 0.5) is 10.1 Å². The third-order valence-electron chi connectivity index (χ3n) is 3.47. The highest BCUT2D eigenvalue weighted by atomic mass is 19.1. The van der Waals surface area contributed by atoms with Crippen LogP contribution in [0.15, 0.2) is 24.3 Å². The summed E-state index contributed by atoms with van der Waals surface area (Å²) in [4.78, 5) is 24.9. The Morgan fingerprint density at radius 1 is 1.35 bits per heavy atom. The predicted molar refractivity (Wildman–Crippen MR) is 73.4 cm³/mol. The second-order valence-electron chi connectivity index (χ2n) is 5.01. The predicted octanol–water partition coefficient (Wildman–Crippen LogP) is 0.961. The van der Waals surface area contributed by atoms with Crippen molar-refractivity contribution in [2.45, 2.75) is 12.8 Å². The molecule has 0 unspecified atom stereocenters. The molecular formula is C14H18FN3O2. The van der Waals surface area contributed by atoms with E-state index in [0.717, 1.165) is 0 Å². The summed E-state index contributed by atoms with van der Waals surface area (Å²) < 4.78 is 13.0. The van der Waals surface area contributed by atoms with E-state index in [2.05, 4.69) is 5.32 Å². The van der Waals surface area contributed by atoms with E-state index in [0.29, 0.717) is 31.6 Å². The normalized spacial score (nSPS) is 16.9. The maximum atomic E-state index is 13.0. The highest BCUT2D eigenvalue weighted by Gasteiger charge is 2.24. The third kappa shape index (κ3) is 4.03. The zero-order chi connectivity index (χ0) is 14.5. The van der Waals surface area contributed by atoms with Gasteiger partial charge in [-0.3, -0.25) is 14.5 Å². The summed E-state index contributed by atoms with van der Waals surface area (Å²) in [6.07, 6.45) is 1.37. The summed E-state index contributed by atoms with van der Waals surface area (Å²) in [5, 5.41) is 2.65. The molecule has 20 heavy (non-hydrogen) atoms. The first kappa shape index (κ1) is 14.5. The van der Waals surface area contributed by atoms with Crippen molar-refractivity contribution in [1.82, 2.24) is 4.90 Å². The number of carbonyl (C=O) groups excluding carboxylic acids is 2. The van der Waals surface area contributed by atoms with E-state index in [9.17, 15) is 14.0 Å². The van der Waals surface area contributed by atoms with Crippen LogP contribution in [-0.2, 0) is 9.59 Å². The number of nitrogens with two attached hydrogens (primary N) is 1. The van der Waals surface area contributed by atoms with Crippen molar-refractivity contribution in [2.24, 2.45) is 11.7 Å². The van der Waals surface area contributed by atoms with Gasteiger partial charge in [0, 0.05) is 11.6 Å². The average Bonchev–Trinajstić information content (AvgIpc) is 2.39. The fourth-order valence-electron chi connectivity index (χ4n) is 2.35. The van der Waals surface area contributed by atoms with Gasteiger partial charge in [0.1, 0.15) is 5.82 Å². The van der Waals surface area contributed by atoms with Crippen molar-refractivity contribution >= 4 is 17.5 Å². The summed E-state index contributed by atoms with van der Waals surface area (Å²) in [6.45, 7) is 1.58. The van der Waals surface area contributed by atoms with Gasteiger partial charge in [-0.25, -0.2) is 4.39 Å². The molecule has 0 bridgehead atoms. The molecule has 5 nitrogen and oxygen atoms in total. The van der Waals surface area contributed by atoms with E-state index in [1.807, 2.05) is 4.90 Å². The molecule has 1 aliphatic rings. The summed E-state index contributed by atoms with van der Waals surface area (Å²) in [6, 6.07) is 5.78. The van der Waals surface area contributed by atoms with Crippen molar-refractivity contribution in [3.8, 4) is 0 Å². The summed E-state index contributed by atoms with van der Waals surface area (Å²) in [7, 11) is 0. The number of anilines is 1. The van der Waals surface area contributed by atoms with Crippen molar-refractivity contribution in [2.75, 3.05) is 25.0 Å². The Bertz CT molecular complexity index is 499. The lowest BCUT2D eigenvalue weighted by molar-refractivity contribution is -0.123. The van der Waals surface area contributed by atoms with E-state index in [-0.39, 0.29) is 30.1 Å². The molecule has 0 saturated carbocycles. The minimum absolute atomic E-state index is 0.0856. The molecule has 0 aliphatic carbocycles. The van der Waals surface area contributed by atoms with Crippen molar-refractivity contribution in [1.29, 1.82) is 0 Å². The molecule has 0 radical (unpaired) electrons. The van der Waals surface area contributed by atoms with E-state index in [1.54, 1.807) is 12.1 Å². The molecule has 6 heteroatoms. The van der Waals surface area contributed by atoms with E-state index < -0.39 is 0 Å². The Labute approximate surface area is 116 Å². The van der Waals surface area contributed by atoms with Crippen LogP contribution in [0, 0.1) is 11.7 Å². The molecule has 1 saturated heterocycles. The molecule has 3 N–H and O–H groups in total. The Morgan fingerprint density at radius 3 is 2.65 bits per heavy atom. The number of primary amides is 1. The Morgan fingerprint density at radius 2 is 2.05 bits per heavy atom. The fraction of sp³-hybridized carbons (Fsp3) is 0.429. The number of likely N-dealkylation sites (tertiary alicyclic amines) is 1. The van der Waals surface area contributed by atoms with Crippen LogP contribution < -0.4 is 11.1 Å². The van der Waals surface area contributed by atoms with Crippen LogP contribution in [-0.4, -0.2) is 36.3 Å². The van der Waals surface area contributed by atoms with Crippen molar-refractivity contribution in [3.63, 3.8) is 0 Å². The molecule has 1 heterocycles. The fourth-order valence-corrected chi connectivity index (χ4v) is 2.35. The Hall–Kier alpha value is -1.95. The highest BCUT2D eigenvalue weighted by molar-refractivity contribution is 5.92. The van der Waals surface area contributed by atoms with Gasteiger partial charge in [-0.2, -0.15) is 0 Å². The van der Waals surface area contributed by atoms with Gasteiger partial charge in [-0.05, 0) is 44.1 Å². The van der Waals surface area contributed by atoms with Gasteiger partial charge in [-0.1, -0.05) is 6.07 Å². The Balaban J connectivity index is 1.80. The molecule has 2 rings (SSSR count). The molecule has 1 fully saturated rings. The zero-order valence-corrected chi connectivity index (χ0v) is 11.1. The van der Waals surface area contributed by atoms with Gasteiger partial charge < -0.3 is 11.1 Å². The van der Waals surface area contributed by atoms with Gasteiger partial charge in [-0.15, -0.1) is 0 Å². The van der Waals surface area contributed by atoms with E-state index >= 15 is 0 Å². The number of hydrogen-bond donors (Lipinski definition) is 2. The second kappa shape index (κ2) is 6.47. The molecule has 0 aromatic heterocycles. The van der Waals surface area contributed by atoms with Gasteiger partial charge in [0.05, 0.1) is 6.54 Å². The molecular weight excluding hydrogens is 261 g/mol. The van der Waals surface area contributed by atoms with Gasteiger partial charge in [0.15, 0.2) is 0 Å². The molecule has 0 atom stereocenters. The second-order valence-corrected chi connectivity index (χ2v) is 5.01. The number of carbonyl (C=O) groups is 2. The third-order valence-corrected chi connectivity index (χ3v) is 3.47. The summed E-state index contributed by atoms with van der Waals surface area (Å²) in [5.41, 5.74) is 5.70. The minimum Gasteiger partial charge on any atom is -0.369 e. The van der Waals surface area contributed by atoms with Crippen LogP contribution in [0.3, 0.4) is 0 Å². The summed E-state index contributed by atoms with van der Waals surface area (Å²) in [5.74, 6) is -0.926. The van der Waals surface area contributed by atoms with Crippen LogP contribution in [0.25, 0.3) is 0 Å². The SMILES string of the molecule is NC(=O)C1CCN(CC(=O)Nc2cccc(F)c2)CC1. The number of hydrogen-bond acceptors (Lipinski definition) is 3. The van der Waals surface area contributed by atoms with Gasteiger partial charge in [0.25, 0.3) is 0 Å². The van der Waals surface area contributed by atoms with Gasteiger partial charge >= 0.3 is 0 Å². The van der Waals surface area contributed by atoms with Crippen LogP contribution in [0.2, 0.25) is 0 Å². The number of rotatable bonds is 4. The monoisotopic (exact) mass is 279 g/mol. The van der Waals surface area contributed by atoms with Crippen molar-refractivity contribution < 1.29 is 14.0 Å². The summed E-state index contributed by atoms with van der Waals surface area (Å²) >= 11 is 0. The highest BCUT2D eigenvalue weighted by Crippen LogP contribution is 2.16. The first-order chi connectivity index (χ1) is 9.54. The number of nitrogens with one attached hydrogen (secondary N) is 1. The largest absolute Gasteiger partial charge is 0.369 e. The van der Waals surface area contributed by atoms with Crippen LogP contribution >= 0.6 is 0 Å². The molecule has 1 aromatic carbocycles. The lowest BCUT2D eigenvalue weighted by atomic mass is 9.96. The molecule has 2 amide bonds. The number of benzene rings is 1. The average molecular weight is 279 g/mol. The van der Waals surface area contributed by atoms with Crippen LogP contribution in [0.1, 0.15) is 12.8 Å². The minimum atomic E-state index is -0.384. The van der Waals surface area contributed by atoms with Crippen LogP contribution in [0.5, 0.6) is 0 Å².